The Hall–Kier alpha value is -4.88. The number of nitrogens with one attached hydrogen (secondary N) is 2. The zero-order valence-corrected chi connectivity index (χ0v) is 22.8. The van der Waals surface area contributed by atoms with E-state index in [0.29, 0.717) is 34.3 Å². The molecule has 4 rings (SSSR count). The van der Waals surface area contributed by atoms with E-state index in [0.717, 1.165) is 35.2 Å². The van der Waals surface area contributed by atoms with Crippen molar-refractivity contribution in [1.82, 2.24) is 19.4 Å². The maximum atomic E-state index is 12.3. The predicted molar refractivity (Wildman–Crippen MR) is 156 cm³/mol. The molecule has 0 unspecified atom stereocenters. The quantitative estimate of drug-likeness (QED) is 0.294. The first-order valence-electron chi connectivity index (χ1n) is 12.3. The third-order valence-electron chi connectivity index (χ3n) is 6.37. The number of carbonyl (C=O) groups is 1. The molecule has 2 N–H and O–H groups in total. The van der Waals surface area contributed by atoms with Crippen LogP contribution in [-0.4, -0.2) is 66.7 Å². The van der Waals surface area contributed by atoms with E-state index in [9.17, 15) is 10.1 Å². The monoisotopic (exact) mass is 524 g/mol. The molecule has 10 nitrogen and oxygen atoms in total. The average Bonchev–Trinajstić information content (AvgIpc) is 3.31. The third kappa shape index (κ3) is 6.00. The van der Waals surface area contributed by atoms with Crippen LogP contribution in [0.5, 0.6) is 5.75 Å². The smallest absolute Gasteiger partial charge is 0.247 e. The van der Waals surface area contributed by atoms with Gasteiger partial charge in [-0.25, -0.2) is 9.97 Å². The normalized spacial score (nSPS) is 10.8. The maximum Gasteiger partial charge on any atom is 0.247 e. The lowest BCUT2D eigenvalue weighted by Gasteiger charge is -2.26. The van der Waals surface area contributed by atoms with Crippen molar-refractivity contribution in [1.29, 1.82) is 5.26 Å². The minimum absolute atomic E-state index is 0.323. The molecule has 0 aliphatic carbocycles. The number of aromatic nitrogens is 3. The number of likely N-dealkylation sites (N-methyl/N-ethyl adjacent to an activating group) is 2. The van der Waals surface area contributed by atoms with Crippen LogP contribution in [0, 0.1) is 11.3 Å². The highest BCUT2D eigenvalue weighted by Gasteiger charge is 2.17. The van der Waals surface area contributed by atoms with Gasteiger partial charge in [-0.2, -0.15) is 5.26 Å². The lowest BCUT2D eigenvalue weighted by atomic mass is 10.0. The molecule has 0 saturated heterocycles. The van der Waals surface area contributed by atoms with E-state index in [2.05, 4.69) is 38.1 Å². The van der Waals surface area contributed by atoms with Crippen molar-refractivity contribution in [2.75, 3.05) is 56.9 Å². The standard InChI is InChI=1S/C29H32N8O2/c1-7-28(38)32-23-16-24(27(39-6)17-26(23)37(5)13-12-35(2)3)34-29-31-10-8-22(33-29)21-14-19(18-30)15-25-20(21)9-11-36(25)4/h7-11,14-17H,1,12-13H2,2-6H3,(H,32,38)(H,31,33,34). The molecule has 1 amide bonds. The summed E-state index contributed by atoms with van der Waals surface area (Å²) in [6.07, 6.45) is 4.85. The molecular formula is C29H32N8O2. The first-order chi connectivity index (χ1) is 18.7. The summed E-state index contributed by atoms with van der Waals surface area (Å²) in [5.41, 5.74) is 4.95. The van der Waals surface area contributed by atoms with Crippen molar-refractivity contribution in [2.45, 2.75) is 0 Å². The Morgan fingerprint density at radius 3 is 2.67 bits per heavy atom. The van der Waals surface area contributed by atoms with Crippen LogP contribution in [0.1, 0.15) is 5.56 Å². The van der Waals surface area contributed by atoms with Gasteiger partial charge in [0.25, 0.3) is 0 Å². The molecule has 0 fully saturated rings. The molecule has 200 valence electrons. The first-order valence-corrected chi connectivity index (χ1v) is 12.3. The number of benzene rings is 2. The average molecular weight is 525 g/mol. The number of anilines is 4. The minimum atomic E-state index is -0.323. The van der Waals surface area contributed by atoms with Gasteiger partial charge in [-0.1, -0.05) is 6.58 Å². The molecule has 39 heavy (non-hydrogen) atoms. The molecular weight excluding hydrogens is 492 g/mol. The maximum absolute atomic E-state index is 12.3. The van der Waals surface area contributed by atoms with Crippen molar-refractivity contribution in [3.05, 3.63) is 67.0 Å². The SMILES string of the molecule is C=CC(=O)Nc1cc(Nc2nccc(-c3cc(C#N)cc4c3ccn4C)n2)c(OC)cc1N(C)CCN(C)C. The third-order valence-corrected chi connectivity index (χ3v) is 6.37. The fourth-order valence-electron chi connectivity index (χ4n) is 4.24. The van der Waals surface area contributed by atoms with Gasteiger partial charge in [0.2, 0.25) is 11.9 Å². The number of rotatable bonds is 10. The summed E-state index contributed by atoms with van der Waals surface area (Å²) in [6, 6.07) is 13.4. The Morgan fingerprint density at radius 1 is 1.18 bits per heavy atom. The van der Waals surface area contributed by atoms with Gasteiger partial charge >= 0.3 is 0 Å². The number of aryl methyl sites for hydroxylation is 1. The second-order valence-corrected chi connectivity index (χ2v) is 9.37. The van der Waals surface area contributed by atoms with Crippen molar-refractivity contribution >= 4 is 39.8 Å². The lowest BCUT2D eigenvalue weighted by molar-refractivity contribution is -0.111. The Bertz CT molecular complexity index is 1570. The van der Waals surface area contributed by atoms with Gasteiger partial charge in [-0.05, 0) is 50.5 Å². The van der Waals surface area contributed by atoms with Gasteiger partial charge in [-0.15, -0.1) is 0 Å². The van der Waals surface area contributed by atoms with Crippen LogP contribution in [0.15, 0.2) is 61.4 Å². The van der Waals surface area contributed by atoms with Crippen molar-refractivity contribution in [3.8, 4) is 23.1 Å². The van der Waals surface area contributed by atoms with Crippen molar-refractivity contribution in [2.24, 2.45) is 7.05 Å². The van der Waals surface area contributed by atoms with Gasteiger partial charge in [-0.3, -0.25) is 4.79 Å². The van der Waals surface area contributed by atoms with E-state index in [-0.39, 0.29) is 5.91 Å². The lowest BCUT2D eigenvalue weighted by Crippen LogP contribution is -2.29. The number of nitrogens with zero attached hydrogens (tertiary/aromatic N) is 6. The Labute approximate surface area is 228 Å². The van der Waals surface area contributed by atoms with E-state index in [4.69, 9.17) is 9.72 Å². The summed E-state index contributed by atoms with van der Waals surface area (Å²) < 4.78 is 7.67. The summed E-state index contributed by atoms with van der Waals surface area (Å²) in [5, 5.41) is 16.7. The van der Waals surface area contributed by atoms with E-state index < -0.39 is 0 Å². The van der Waals surface area contributed by atoms with Crippen LogP contribution in [-0.2, 0) is 11.8 Å². The van der Waals surface area contributed by atoms with Gasteiger partial charge < -0.3 is 29.7 Å². The van der Waals surface area contributed by atoms with E-state index in [1.54, 1.807) is 19.4 Å². The molecule has 0 aliphatic rings. The number of amides is 1. The highest BCUT2D eigenvalue weighted by Crippen LogP contribution is 2.38. The summed E-state index contributed by atoms with van der Waals surface area (Å²) in [4.78, 5) is 25.5. The largest absolute Gasteiger partial charge is 0.494 e. The van der Waals surface area contributed by atoms with Crippen molar-refractivity contribution < 1.29 is 9.53 Å². The van der Waals surface area contributed by atoms with Gasteiger partial charge in [0.05, 0.1) is 41.5 Å². The Kier molecular flexibility index (Phi) is 8.13. The number of hydrogen-bond acceptors (Lipinski definition) is 8. The second-order valence-electron chi connectivity index (χ2n) is 9.37. The van der Waals surface area contributed by atoms with E-state index >= 15 is 0 Å². The predicted octanol–water partition coefficient (Wildman–Crippen LogP) is 4.38. The number of carbonyl (C=O) groups excluding carboxylic acids is 1. The Balaban J connectivity index is 1.74. The summed E-state index contributed by atoms with van der Waals surface area (Å²) >= 11 is 0. The van der Waals surface area contributed by atoms with Gasteiger partial charge in [0, 0.05) is 62.1 Å². The number of fused-ring (bicyclic) bond motifs is 1. The van der Waals surface area contributed by atoms with Gasteiger partial charge in [0.15, 0.2) is 0 Å². The minimum Gasteiger partial charge on any atom is -0.494 e. The molecule has 2 heterocycles. The number of hydrogen-bond donors (Lipinski definition) is 2. The first kappa shape index (κ1) is 27.2. The highest BCUT2D eigenvalue weighted by atomic mass is 16.5. The topological polar surface area (TPSA) is 111 Å². The Morgan fingerprint density at radius 2 is 1.97 bits per heavy atom. The molecule has 0 atom stereocenters. The summed E-state index contributed by atoms with van der Waals surface area (Å²) in [5.74, 6) is 0.576. The van der Waals surface area contributed by atoms with Crippen LogP contribution < -0.4 is 20.3 Å². The molecule has 0 bridgehead atoms. The number of methoxy groups -OCH3 is 1. The molecule has 0 spiro atoms. The van der Waals surface area contributed by atoms with Gasteiger partial charge in [0.1, 0.15) is 5.75 Å². The second kappa shape index (κ2) is 11.7. The van der Waals surface area contributed by atoms with E-state index in [1.807, 2.05) is 69.3 Å². The molecule has 2 aromatic heterocycles. The van der Waals surface area contributed by atoms with E-state index in [1.165, 1.54) is 6.08 Å². The fourth-order valence-corrected chi connectivity index (χ4v) is 4.24. The molecule has 2 aromatic carbocycles. The van der Waals surface area contributed by atoms with Crippen LogP contribution >= 0.6 is 0 Å². The molecule has 0 aliphatic heterocycles. The zero-order chi connectivity index (χ0) is 28.1. The summed E-state index contributed by atoms with van der Waals surface area (Å²) in [6.45, 7) is 5.14. The van der Waals surface area contributed by atoms with Crippen molar-refractivity contribution in [3.63, 3.8) is 0 Å². The van der Waals surface area contributed by atoms with Crippen LogP contribution in [0.4, 0.5) is 23.0 Å². The number of ether oxygens (including phenoxy) is 1. The number of nitriles is 1. The molecule has 0 saturated carbocycles. The molecule has 0 radical (unpaired) electrons. The molecule has 4 aromatic rings. The highest BCUT2D eigenvalue weighted by molar-refractivity contribution is 6.02. The zero-order valence-electron chi connectivity index (χ0n) is 22.8. The van der Waals surface area contributed by atoms with Crippen LogP contribution in [0.3, 0.4) is 0 Å². The molecule has 10 heteroatoms. The summed E-state index contributed by atoms with van der Waals surface area (Å²) in [7, 11) is 9.51. The van der Waals surface area contributed by atoms with Crippen LogP contribution in [0.25, 0.3) is 22.2 Å². The fraction of sp³-hybridized carbons (Fsp3) is 0.241. The van der Waals surface area contributed by atoms with Crippen LogP contribution in [0.2, 0.25) is 0 Å².